The molecule has 0 spiro atoms. The average molecular weight is 235 g/mol. The fourth-order valence-electron chi connectivity index (χ4n) is 1.38. The molecule has 1 aromatic rings. The molecule has 0 bridgehead atoms. The number of rotatable bonds is 6. The Bertz CT molecular complexity index is 401. The highest BCUT2D eigenvalue weighted by Crippen LogP contribution is 2.18. The summed E-state index contributed by atoms with van der Waals surface area (Å²) in [6.45, 7) is 1.82. The van der Waals surface area contributed by atoms with E-state index >= 15 is 0 Å². The van der Waals surface area contributed by atoms with Crippen LogP contribution in [-0.2, 0) is 4.74 Å². The van der Waals surface area contributed by atoms with Gasteiger partial charge in [0.1, 0.15) is 11.6 Å². The topological polar surface area (TPSA) is 101 Å². The van der Waals surface area contributed by atoms with Crippen molar-refractivity contribution in [2.75, 3.05) is 43.2 Å². The van der Waals surface area contributed by atoms with Crippen LogP contribution in [0.2, 0.25) is 0 Å². The average Bonchev–Trinajstić information content (AvgIpc) is 2.33. The summed E-state index contributed by atoms with van der Waals surface area (Å²) >= 11 is 0. The number of ether oxygens (including phenoxy) is 1. The minimum Gasteiger partial charge on any atom is -0.396 e. The predicted octanol–water partition coefficient (Wildman–Crippen LogP) is 0.612. The first-order valence-electron chi connectivity index (χ1n) is 5.32. The summed E-state index contributed by atoms with van der Waals surface area (Å²) in [7, 11) is 1.63. The third-order valence-corrected chi connectivity index (χ3v) is 2.33. The van der Waals surface area contributed by atoms with Gasteiger partial charge >= 0.3 is 0 Å². The van der Waals surface area contributed by atoms with Crippen molar-refractivity contribution in [3.8, 4) is 6.07 Å². The molecule has 6 heteroatoms. The van der Waals surface area contributed by atoms with Gasteiger partial charge in [-0.05, 0) is 12.1 Å². The van der Waals surface area contributed by atoms with Gasteiger partial charge in [-0.25, -0.2) is 4.98 Å². The lowest BCUT2D eigenvalue weighted by Crippen LogP contribution is -2.29. The molecule has 6 nitrogen and oxygen atoms in total. The maximum Gasteiger partial charge on any atom is 0.149 e. The smallest absolute Gasteiger partial charge is 0.149 e. The van der Waals surface area contributed by atoms with Gasteiger partial charge in [0.15, 0.2) is 0 Å². The predicted molar refractivity (Wildman–Crippen MR) is 67.4 cm³/mol. The summed E-state index contributed by atoms with van der Waals surface area (Å²) in [5.74, 6) is 1.02. The van der Waals surface area contributed by atoms with Crippen LogP contribution in [0.25, 0.3) is 0 Å². The van der Waals surface area contributed by atoms with E-state index in [1.165, 1.54) is 0 Å². The number of nitriles is 1. The molecule has 4 N–H and O–H groups in total. The molecular formula is C11H17N5O. The maximum atomic E-state index is 8.61. The maximum absolute atomic E-state index is 8.61. The molecule has 0 radical (unpaired) electrons. The molecule has 1 aromatic heterocycles. The lowest BCUT2D eigenvalue weighted by Gasteiger charge is -2.22. The van der Waals surface area contributed by atoms with Crippen LogP contribution in [0.1, 0.15) is 6.42 Å². The van der Waals surface area contributed by atoms with Crippen molar-refractivity contribution in [3.63, 3.8) is 0 Å². The molecule has 1 heterocycles. The molecule has 0 unspecified atom stereocenters. The molecule has 0 saturated carbocycles. The second kappa shape index (κ2) is 6.55. The highest BCUT2D eigenvalue weighted by atomic mass is 16.5. The van der Waals surface area contributed by atoms with Gasteiger partial charge in [-0.1, -0.05) is 0 Å². The van der Waals surface area contributed by atoms with Crippen molar-refractivity contribution >= 4 is 17.3 Å². The zero-order valence-electron chi connectivity index (χ0n) is 9.89. The van der Waals surface area contributed by atoms with Gasteiger partial charge in [-0.15, -0.1) is 0 Å². The Balaban J connectivity index is 2.80. The SMILES string of the molecule is COCCN(CCC#N)c1ccc(N)c(N)n1. The van der Waals surface area contributed by atoms with Gasteiger partial charge in [-0.3, -0.25) is 0 Å². The Morgan fingerprint density at radius 1 is 1.41 bits per heavy atom. The number of nitrogens with two attached hydrogens (primary N) is 2. The zero-order chi connectivity index (χ0) is 12.7. The Hall–Kier alpha value is -2.00. The number of methoxy groups -OCH3 is 1. The molecule has 0 aromatic carbocycles. The summed E-state index contributed by atoms with van der Waals surface area (Å²) in [5, 5.41) is 8.61. The molecule has 92 valence electrons. The fourth-order valence-corrected chi connectivity index (χ4v) is 1.38. The molecule has 0 aliphatic carbocycles. The van der Waals surface area contributed by atoms with E-state index in [0.29, 0.717) is 43.4 Å². The van der Waals surface area contributed by atoms with Crippen LogP contribution < -0.4 is 16.4 Å². The van der Waals surface area contributed by atoms with E-state index in [4.69, 9.17) is 21.5 Å². The van der Waals surface area contributed by atoms with Crippen LogP contribution in [0.4, 0.5) is 17.3 Å². The Morgan fingerprint density at radius 3 is 2.76 bits per heavy atom. The normalized spacial score (nSPS) is 9.88. The number of pyridine rings is 1. The molecule has 0 saturated heterocycles. The van der Waals surface area contributed by atoms with Crippen molar-refractivity contribution < 1.29 is 4.74 Å². The number of aromatic nitrogens is 1. The lowest BCUT2D eigenvalue weighted by atomic mass is 10.3. The highest BCUT2D eigenvalue weighted by molar-refractivity contribution is 5.62. The summed E-state index contributed by atoms with van der Waals surface area (Å²) in [5.41, 5.74) is 11.7. The molecule has 0 fully saturated rings. The number of hydrogen-bond acceptors (Lipinski definition) is 6. The minimum atomic E-state index is 0.307. The monoisotopic (exact) mass is 235 g/mol. The van der Waals surface area contributed by atoms with E-state index < -0.39 is 0 Å². The van der Waals surface area contributed by atoms with Crippen molar-refractivity contribution in [3.05, 3.63) is 12.1 Å². The van der Waals surface area contributed by atoms with Crippen LogP contribution in [0.3, 0.4) is 0 Å². The third-order valence-electron chi connectivity index (χ3n) is 2.33. The van der Waals surface area contributed by atoms with Crippen molar-refractivity contribution in [1.29, 1.82) is 5.26 Å². The van der Waals surface area contributed by atoms with Crippen molar-refractivity contribution in [2.24, 2.45) is 0 Å². The van der Waals surface area contributed by atoms with Crippen molar-refractivity contribution in [2.45, 2.75) is 6.42 Å². The van der Waals surface area contributed by atoms with E-state index in [1.54, 1.807) is 19.2 Å². The largest absolute Gasteiger partial charge is 0.396 e. The number of anilines is 3. The first kappa shape index (κ1) is 13.1. The quantitative estimate of drug-likeness (QED) is 0.749. The molecule has 0 aliphatic heterocycles. The highest BCUT2D eigenvalue weighted by Gasteiger charge is 2.08. The fraction of sp³-hybridized carbons (Fsp3) is 0.455. The first-order valence-corrected chi connectivity index (χ1v) is 5.32. The Morgan fingerprint density at radius 2 is 2.18 bits per heavy atom. The van der Waals surface area contributed by atoms with Gasteiger partial charge in [0.25, 0.3) is 0 Å². The van der Waals surface area contributed by atoms with Crippen LogP contribution in [0.15, 0.2) is 12.1 Å². The summed E-state index contributed by atoms with van der Waals surface area (Å²) < 4.78 is 5.02. The summed E-state index contributed by atoms with van der Waals surface area (Å²) in [6, 6.07) is 5.61. The minimum absolute atomic E-state index is 0.307. The van der Waals surface area contributed by atoms with Crippen LogP contribution >= 0.6 is 0 Å². The molecule has 0 atom stereocenters. The van der Waals surface area contributed by atoms with Gasteiger partial charge in [0.2, 0.25) is 0 Å². The molecule has 0 aliphatic rings. The summed E-state index contributed by atoms with van der Waals surface area (Å²) in [6.07, 6.45) is 0.426. The van der Waals surface area contributed by atoms with E-state index in [-0.39, 0.29) is 0 Å². The lowest BCUT2D eigenvalue weighted by molar-refractivity contribution is 0.205. The van der Waals surface area contributed by atoms with Gasteiger partial charge in [-0.2, -0.15) is 5.26 Å². The zero-order valence-corrected chi connectivity index (χ0v) is 9.89. The second-order valence-electron chi connectivity index (χ2n) is 3.53. The van der Waals surface area contributed by atoms with Crippen LogP contribution in [0.5, 0.6) is 0 Å². The molecular weight excluding hydrogens is 218 g/mol. The van der Waals surface area contributed by atoms with Gasteiger partial charge in [0, 0.05) is 20.2 Å². The second-order valence-corrected chi connectivity index (χ2v) is 3.53. The van der Waals surface area contributed by atoms with E-state index in [9.17, 15) is 0 Å². The van der Waals surface area contributed by atoms with E-state index in [1.807, 2.05) is 4.90 Å². The van der Waals surface area contributed by atoms with Crippen molar-refractivity contribution in [1.82, 2.24) is 4.98 Å². The standard InChI is InChI=1S/C11H17N5O/c1-17-8-7-16(6-2-5-12)10-4-3-9(13)11(14)15-10/h3-4H,2,6-8,13H2,1H3,(H2,14,15). The van der Waals surface area contributed by atoms with Gasteiger partial charge in [0.05, 0.1) is 24.8 Å². The molecule has 17 heavy (non-hydrogen) atoms. The summed E-state index contributed by atoms with van der Waals surface area (Å²) in [4.78, 5) is 6.14. The number of nitrogen functional groups attached to an aromatic ring is 2. The van der Waals surface area contributed by atoms with E-state index in [2.05, 4.69) is 11.1 Å². The van der Waals surface area contributed by atoms with Gasteiger partial charge < -0.3 is 21.1 Å². The molecule has 0 amide bonds. The number of hydrogen-bond donors (Lipinski definition) is 2. The number of nitrogens with zero attached hydrogens (tertiary/aromatic N) is 3. The van der Waals surface area contributed by atoms with E-state index in [0.717, 1.165) is 0 Å². The Kier molecular flexibility index (Phi) is 5.04. The first-order chi connectivity index (χ1) is 8.19. The Labute approximate surface area is 101 Å². The molecule has 1 rings (SSSR count). The third kappa shape index (κ3) is 3.81. The van der Waals surface area contributed by atoms with Crippen LogP contribution in [-0.4, -0.2) is 31.8 Å². The van der Waals surface area contributed by atoms with Crippen LogP contribution in [0, 0.1) is 11.3 Å².